The number of carbonyl (C=O) groups excluding carboxylic acids is 2. The SMILES string of the molecule is C=CCN(C(=O)c1csnn1)[C@@H](C(=O)NC(C)(C)CC)c1c(F)cccc1Cl. The Bertz CT molecular complexity index is 837. The van der Waals surface area contributed by atoms with Crippen molar-refractivity contribution in [2.45, 2.75) is 38.8 Å². The lowest BCUT2D eigenvalue weighted by Gasteiger charge is -2.34. The molecule has 0 saturated carbocycles. The average Bonchev–Trinajstić information content (AvgIpc) is 3.17. The molecule has 0 aliphatic heterocycles. The fourth-order valence-corrected chi connectivity index (χ4v) is 3.24. The maximum Gasteiger partial charge on any atom is 0.276 e. The molecule has 1 aromatic heterocycles. The van der Waals surface area contributed by atoms with Crippen LogP contribution >= 0.6 is 23.1 Å². The summed E-state index contributed by atoms with van der Waals surface area (Å²) in [7, 11) is 0. The summed E-state index contributed by atoms with van der Waals surface area (Å²) in [5.41, 5.74) is -0.572. The van der Waals surface area contributed by atoms with Crippen LogP contribution in [0.4, 0.5) is 4.39 Å². The van der Waals surface area contributed by atoms with E-state index >= 15 is 0 Å². The van der Waals surface area contributed by atoms with E-state index < -0.39 is 29.2 Å². The number of amides is 2. The fraction of sp³-hybridized carbons (Fsp3) is 0.368. The van der Waals surface area contributed by atoms with Gasteiger partial charge in [-0.25, -0.2) is 4.39 Å². The van der Waals surface area contributed by atoms with Gasteiger partial charge in [-0.2, -0.15) is 0 Å². The standard InChI is InChI=1S/C19H22ClFN4O2S/c1-5-10-25(18(27)14-11-28-24-23-14)16(17(26)22-19(3,4)6-2)15-12(20)8-7-9-13(15)21/h5,7-9,11,16H,1,6,10H2,2-4H3,(H,22,26)/t16-/m1/s1. The maximum absolute atomic E-state index is 14.7. The van der Waals surface area contributed by atoms with Crippen LogP contribution in [0.5, 0.6) is 0 Å². The summed E-state index contributed by atoms with van der Waals surface area (Å²) in [5.74, 6) is -1.79. The first-order chi connectivity index (χ1) is 13.2. The van der Waals surface area contributed by atoms with Gasteiger partial charge in [-0.05, 0) is 43.9 Å². The van der Waals surface area contributed by atoms with Crippen LogP contribution < -0.4 is 5.32 Å². The Kier molecular flexibility index (Phi) is 7.26. The third-order valence-corrected chi connectivity index (χ3v) is 5.18. The van der Waals surface area contributed by atoms with Crippen molar-refractivity contribution in [1.29, 1.82) is 0 Å². The van der Waals surface area contributed by atoms with E-state index in [9.17, 15) is 14.0 Å². The van der Waals surface area contributed by atoms with Crippen molar-refractivity contribution in [3.05, 3.63) is 58.3 Å². The van der Waals surface area contributed by atoms with Crippen molar-refractivity contribution < 1.29 is 14.0 Å². The summed E-state index contributed by atoms with van der Waals surface area (Å²) in [6, 6.07) is 2.82. The molecule has 2 amide bonds. The lowest BCUT2D eigenvalue weighted by atomic mass is 9.98. The van der Waals surface area contributed by atoms with Crippen molar-refractivity contribution in [3.8, 4) is 0 Å². The summed E-state index contributed by atoms with van der Waals surface area (Å²) in [6.07, 6.45) is 2.10. The molecule has 0 radical (unpaired) electrons. The van der Waals surface area contributed by atoms with Crippen LogP contribution in [0.15, 0.2) is 36.2 Å². The Morgan fingerprint density at radius 1 is 1.46 bits per heavy atom. The molecular weight excluding hydrogens is 403 g/mol. The predicted octanol–water partition coefficient (Wildman–Crippen LogP) is 4.00. The second-order valence-corrected chi connectivity index (χ2v) is 7.82. The molecule has 6 nitrogen and oxygen atoms in total. The van der Waals surface area contributed by atoms with E-state index in [2.05, 4.69) is 21.5 Å². The molecule has 28 heavy (non-hydrogen) atoms. The van der Waals surface area contributed by atoms with Gasteiger partial charge in [-0.3, -0.25) is 9.59 Å². The van der Waals surface area contributed by atoms with Crippen LogP contribution in [0.2, 0.25) is 5.02 Å². The minimum absolute atomic E-state index is 0.00827. The van der Waals surface area contributed by atoms with Gasteiger partial charge in [0.2, 0.25) is 5.91 Å². The first-order valence-electron chi connectivity index (χ1n) is 8.66. The number of aromatic nitrogens is 2. The normalized spacial score (nSPS) is 12.3. The van der Waals surface area contributed by atoms with Crippen molar-refractivity contribution in [1.82, 2.24) is 19.8 Å². The molecule has 1 atom stereocenters. The molecule has 0 fully saturated rings. The summed E-state index contributed by atoms with van der Waals surface area (Å²) in [5, 5.41) is 8.16. The van der Waals surface area contributed by atoms with Crippen LogP contribution in [-0.4, -0.2) is 38.4 Å². The zero-order valence-electron chi connectivity index (χ0n) is 15.9. The Morgan fingerprint density at radius 2 is 2.18 bits per heavy atom. The third kappa shape index (κ3) is 4.94. The zero-order valence-corrected chi connectivity index (χ0v) is 17.5. The third-order valence-electron chi connectivity index (χ3n) is 4.34. The largest absolute Gasteiger partial charge is 0.349 e. The number of halogens is 2. The van der Waals surface area contributed by atoms with E-state index in [1.807, 2.05) is 20.8 Å². The van der Waals surface area contributed by atoms with E-state index in [0.717, 1.165) is 11.5 Å². The second-order valence-electron chi connectivity index (χ2n) is 6.80. The van der Waals surface area contributed by atoms with Crippen LogP contribution in [0.1, 0.15) is 49.3 Å². The smallest absolute Gasteiger partial charge is 0.276 e. The van der Waals surface area contributed by atoms with Crippen LogP contribution in [0, 0.1) is 5.82 Å². The molecule has 0 saturated heterocycles. The molecule has 0 aliphatic carbocycles. The molecule has 9 heteroatoms. The van der Waals surface area contributed by atoms with Gasteiger partial charge in [0.1, 0.15) is 11.9 Å². The Hall–Kier alpha value is -2.32. The minimum Gasteiger partial charge on any atom is -0.349 e. The topological polar surface area (TPSA) is 75.2 Å². The molecule has 1 heterocycles. The van der Waals surface area contributed by atoms with Gasteiger partial charge in [-0.1, -0.05) is 35.2 Å². The molecule has 0 bridgehead atoms. The molecule has 150 valence electrons. The molecule has 0 aliphatic rings. The summed E-state index contributed by atoms with van der Waals surface area (Å²) in [4.78, 5) is 27.4. The van der Waals surface area contributed by atoms with Crippen molar-refractivity contribution in [3.63, 3.8) is 0 Å². The molecule has 2 rings (SSSR count). The zero-order chi connectivity index (χ0) is 20.9. The lowest BCUT2D eigenvalue weighted by Crippen LogP contribution is -2.50. The Morgan fingerprint density at radius 3 is 2.71 bits per heavy atom. The van der Waals surface area contributed by atoms with E-state index in [0.29, 0.717) is 6.42 Å². The van der Waals surface area contributed by atoms with Crippen molar-refractivity contribution in [2.75, 3.05) is 6.54 Å². The number of rotatable bonds is 8. The Balaban J connectivity index is 2.59. The molecular formula is C19H22ClFN4O2S. The lowest BCUT2D eigenvalue weighted by molar-refractivity contribution is -0.127. The van der Waals surface area contributed by atoms with Crippen molar-refractivity contribution in [2.24, 2.45) is 0 Å². The summed E-state index contributed by atoms with van der Waals surface area (Å²) in [6.45, 7) is 9.24. The van der Waals surface area contributed by atoms with E-state index in [1.54, 1.807) is 0 Å². The number of benzene rings is 1. The van der Waals surface area contributed by atoms with Crippen LogP contribution in [-0.2, 0) is 4.79 Å². The summed E-state index contributed by atoms with van der Waals surface area (Å²) >= 11 is 7.24. The van der Waals surface area contributed by atoms with Gasteiger partial charge in [0.15, 0.2) is 5.69 Å². The molecule has 0 spiro atoms. The highest BCUT2D eigenvalue weighted by Crippen LogP contribution is 2.32. The number of nitrogens with one attached hydrogen (secondary N) is 1. The highest BCUT2D eigenvalue weighted by atomic mass is 35.5. The van der Waals surface area contributed by atoms with Crippen LogP contribution in [0.25, 0.3) is 0 Å². The number of hydrogen-bond donors (Lipinski definition) is 1. The predicted molar refractivity (Wildman–Crippen MR) is 108 cm³/mol. The highest BCUT2D eigenvalue weighted by Gasteiger charge is 2.37. The molecule has 0 unspecified atom stereocenters. The van der Waals surface area contributed by atoms with Gasteiger partial charge >= 0.3 is 0 Å². The van der Waals surface area contributed by atoms with E-state index in [1.165, 1.54) is 34.6 Å². The maximum atomic E-state index is 14.7. The van der Waals surface area contributed by atoms with Crippen LogP contribution in [0.3, 0.4) is 0 Å². The quantitative estimate of drug-likeness (QED) is 0.650. The first-order valence-corrected chi connectivity index (χ1v) is 9.88. The molecule has 2 aromatic rings. The first kappa shape index (κ1) is 22.0. The minimum atomic E-state index is -1.30. The Labute approximate surface area is 172 Å². The highest BCUT2D eigenvalue weighted by molar-refractivity contribution is 7.03. The van der Waals surface area contributed by atoms with Gasteiger partial charge in [0.25, 0.3) is 5.91 Å². The monoisotopic (exact) mass is 424 g/mol. The number of hydrogen-bond acceptors (Lipinski definition) is 5. The molecule has 1 aromatic carbocycles. The van der Waals surface area contributed by atoms with Gasteiger partial charge in [-0.15, -0.1) is 11.7 Å². The van der Waals surface area contributed by atoms with E-state index in [4.69, 9.17) is 11.6 Å². The summed E-state index contributed by atoms with van der Waals surface area (Å²) < 4.78 is 18.4. The molecule has 1 N–H and O–H groups in total. The van der Waals surface area contributed by atoms with Gasteiger partial charge in [0.05, 0.1) is 0 Å². The fourth-order valence-electron chi connectivity index (χ4n) is 2.54. The van der Waals surface area contributed by atoms with E-state index in [-0.39, 0.29) is 22.8 Å². The average molecular weight is 425 g/mol. The second kappa shape index (κ2) is 9.25. The van der Waals surface area contributed by atoms with Gasteiger partial charge < -0.3 is 10.2 Å². The van der Waals surface area contributed by atoms with Crippen molar-refractivity contribution >= 4 is 34.9 Å². The number of nitrogens with zero attached hydrogens (tertiary/aromatic N) is 3. The number of carbonyl (C=O) groups is 2. The van der Waals surface area contributed by atoms with Gasteiger partial charge in [0, 0.05) is 28.0 Å².